The van der Waals surface area contributed by atoms with Gasteiger partial charge >= 0.3 is 0 Å². The molecule has 2 amide bonds. The van der Waals surface area contributed by atoms with Crippen LogP contribution in [0.25, 0.3) is 0 Å². The quantitative estimate of drug-likeness (QED) is 0.591. The third kappa shape index (κ3) is 5.26. The highest BCUT2D eigenvalue weighted by Crippen LogP contribution is 2.32. The van der Waals surface area contributed by atoms with E-state index in [1.165, 1.54) is 18.3 Å². The number of carbonyl (C=O) groups excluding carboxylic acids is 2. The second-order valence-electron chi connectivity index (χ2n) is 7.99. The summed E-state index contributed by atoms with van der Waals surface area (Å²) in [7, 11) is 0. The molecule has 8 nitrogen and oxygen atoms in total. The average Bonchev–Trinajstić information content (AvgIpc) is 3.23. The van der Waals surface area contributed by atoms with Crippen LogP contribution in [0.4, 0.5) is 16.2 Å². The van der Waals surface area contributed by atoms with Crippen molar-refractivity contribution < 1.29 is 14.0 Å². The molecule has 0 bridgehead atoms. The predicted molar refractivity (Wildman–Crippen MR) is 125 cm³/mol. The molecule has 0 aliphatic carbocycles. The van der Waals surface area contributed by atoms with E-state index in [1.54, 1.807) is 11.8 Å². The molecule has 3 heterocycles. The van der Waals surface area contributed by atoms with Crippen molar-refractivity contribution >= 4 is 58.4 Å². The Labute approximate surface area is 205 Å². The van der Waals surface area contributed by atoms with Crippen LogP contribution in [0, 0.1) is 5.82 Å². The van der Waals surface area contributed by atoms with Crippen molar-refractivity contribution in [2.75, 3.05) is 36.4 Å². The van der Waals surface area contributed by atoms with Crippen molar-refractivity contribution in [1.29, 1.82) is 0 Å². The number of aromatic nitrogens is 2. The topological polar surface area (TPSA) is 90.5 Å². The highest BCUT2D eigenvalue weighted by Gasteiger charge is 2.32. The number of amides is 2. The standard InChI is InChI=1S/C21H22Cl3FN6O2/c1-11(12-8-16(25)14(23)9-13(12)22)27-19-15(24)10-26-21(29-19)31-6-4-30(5-7-31)20(33)17-2-3-18(32)28-17/h8-11,17H,2-7H2,1H3,(H,28,32)(H,26,27,29)/t11-,17+/m0/s1. The van der Waals surface area contributed by atoms with E-state index in [1.807, 2.05) is 4.90 Å². The lowest BCUT2D eigenvalue weighted by atomic mass is 10.1. The summed E-state index contributed by atoms with van der Waals surface area (Å²) in [6.45, 7) is 3.87. The Morgan fingerprint density at radius 1 is 1.18 bits per heavy atom. The Hall–Kier alpha value is -2.36. The third-order valence-electron chi connectivity index (χ3n) is 5.76. The van der Waals surface area contributed by atoms with Gasteiger partial charge in [0.2, 0.25) is 17.8 Å². The number of hydrogen-bond donors (Lipinski definition) is 2. The molecule has 2 N–H and O–H groups in total. The Morgan fingerprint density at radius 3 is 2.58 bits per heavy atom. The minimum atomic E-state index is -0.566. The zero-order chi connectivity index (χ0) is 23.7. The van der Waals surface area contributed by atoms with E-state index in [0.29, 0.717) is 66.4 Å². The normalized spacial score (nSPS) is 19.4. The summed E-state index contributed by atoms with van der Waals surface area (Å²) >= 11 is 18.3. The smallest absolute Gasteiger partial charge is 0.245 e. The minimum absolute atomic E-state index is 0.0498. The molecule has 176 valence electrons. The molecule has 2 fully saturated rings. The second-order valence-corrected chi connectivity index (χ2v) is 9.21. The molecule has 0 spiro atoms. The lowest BCUT2D eigenvalue weighted by Gasteiger charge is -2.36. The van der Waals surface area contributed by atoms with Crippen LogP contribution in [-0.4, -0.2) is 58.9 Å². The lowest BCUT2D eigenvalue weighted by Crippen LogP contribution is -2.53. The van der Waals surface area contributed by atoms with E-state index in [0.717, 1.165) is 0 Å². The van der Waals surface area contributed by atoms with Gasteiger partial charge in [0.15, 0.2) is 5.82 Å². The fourth-order valence-corrected chi connectivity index (χ4v) is 4.60. The van der Waals surface area contributed by atoms with Gasteiger partial charge in [0.05, 0.1) is 17.3 Å². The van der Waals surface area contributed by atoms with Crippen LogP contribution in [0.2, 0.25) is 15.1 Å². The number of piperazine rings is 1. The molecule has 0 saturated carbocycles. The van der Waals surface area contributed by atoms with Crippen molar-refractivity contribution in [3.8, 4) is 0 Å². The Morgan fingerprint density at radius 2 is 1.91 bits per heavy atom. The van der Waals surface area contributed by atoms with E-state index >= 15 is 0 Å². The Kier molecular flexibility index (Phi) is 7.11. The van der Waals surface area contributed by atoms with Gasteiger partial charge in [0.25, 0.3) is 0 Å². The highest BCUT2D eigenvalue weighted by molar-refractivity contribution is 6.35. The second kappa shape index (κ2) is 9.87. The molecule has 0 radical (unpaired) electrons. The van der Waals surface area contributed by atoms with Crippen LogP contribution in [0.5, 0.6) is 0 Å². The number of anilines is 2. The Bertz CT molecular complexity index is 1080. The summed E-state index contributed by atoms with van der Waals surface area (Å²) in [5, 5.41) is 6.45. The summed E-state index contributed by atoms with van der Waals surface area (Å²) in [6, 6.07) is 1.80. The molecule has 2 aliphatic heterocycles. The highest BCUT2D eigenvalue weighted by atomic mass is 35.5. The van der Waals surface area contributed by atoms with Crippen molar-refractivity contribution in [3.63, 3.8) is 0 Å². The molecule has 33 heavy (non-hydrogen) atoms. The number of halogens is 4. The summed E-state index contributed by atoms with van der Waals surface area (Å²) < 4.78 is 13.9. The maximum absolute atomic E-state index is 13.9. The average molecular weight is 516 g/mol. The summed E-state index contributed by atoms with van der Waals surface area (Å²) in [5.41, 5.74) is 0.515. The number of nitrogens with zero attached hydrogens (tertiary/aromatic N) is 4. The molecule has 12 heteroatoms. The van der Waals surface area contributed by atoms with Gasteiger partial charge in [-0.2, -0.15) is 4.98 Å². The van der Waals surface area contributed by atoms with Gasteiger partial charge in [0.1, 0.15) is 16.9 Å². The van der Waals surface area contributed by atoms with E-state index in [-0.39, 0.29) is 16.8 Å². The van der Waals surface area contributed by atoms with Crippen LogP contribution in [0.15, 0.2) is 18.3 Å². The maximum atomic E-state index is 13.9. The largest absolute Gasteiger partial charge is 0.362 e. The molecule has 2 atom stereocenters. The van der Waals surface area contributed by atoms with Gasteiger partial charge in [-0.3, -0.25) is 9.59 Å². The van der Waals surface area contributed by atoms with Gasteiger partial charge in [0, 0.05) is 37.6 Å². The number of carbonyl (C=O) groups is 2. The molecule has 0 unspecified atom stereocenters. The van der Waals surface area contributed by atoms with Gasteiger partial charge in [-0.05, 0) is 31.0 Å². The zero-order valence-electron chi connectivity index (χ0n) is 17.7. The summed E-state index contributed by atoms with van der Waals surface area (Å²) in [4.78, 5) is 36.6. The van der Waals surface area contributed by atoms with Crippen molar-refractivity contribution in [2.45, 2.75) is 31.8 Å². The maximum Gasteiger partial charge on any atom is 0.245 e. The first kappa shape index (κ1) is 23.8. The van der Waals surface area contributed by atoms with Crippen LogP contribution in [0.3, 0.4) is 0 Å². The molecule has 2 saturated heterocycles. The van der Waals surface area contributed by atoms with E-state index in [4.69, 9.17) is 34.8 Å². The zero-order valence-corrected chi connectivity index (χ0v) is 20.0. The molecule has 4 rings (SSSR count). The molecule has 1 aromatic heterocycles. The molecule has 2 aromatic rings. The molecular formula is C21H22Cl3FN6O2. The molecule has 1 aromatic carbocycles. The van der Waals surface area contributed by atoms with Crippen LogP contribution < -0.4 is 15.5 Å². The van der Waals surface area contributed by atoms with Crippen molar-refractivity contribution in [3.05, 3.63) is 44.8 Å². The number of nitrogens with one attached hydrogen (secondary N) is 2. The van der Waals surface area contributed by atoms with E-state index in [2.05, 4.69) is 20.6 Å². The van der Waals surface area contributed by atoms with Crippen LogP contribution in [0.1, 0.15) is 31.4 Å². The van der Waals surface area contributed by atoms with E-state index in [9.17, 15) is 14.0 Å². The lowest BCUT2D eigenvalue weighted by molar-refractivity contribution is -0.134. The van der Waals surface area contributed by atoms with Crippen molar-refractivity contribution in [2.24, 2.45) is 0 Å². The number of benzene rings is 1. The monoisotopic (exact) mass is 514 g/mol. The SMILES string of the molecule is C[C@H](Nc1nc(N2CCN(C(=O)[C@H]3CCC(=O)N3)CC2)ncc1Cl)c1cc(F)c(Cl)cc1Cl. The fourth-order valence-electron chi connectivity index (χ4n) is 3.91. The Balaban J connectivity index is 1.42. The first-order valence-corrected chi connectivity index (χ1v) is 11.6. The van der Waals surface area contributed by atoms with Crippen LogP contribution in [-0.2, 0) is 9.59 Å². The molecule has 2 aliphatic rings. The number of rotatable bonds is 5. The van der Waals surface area contributed by atoms with Gasteiger partial charge < -0.3 is 20.4 Å². The first-order chi connectivity index (χ1) is 15.7. The van der Waals surface area contributed by atoms with Gasteiger partial charge in [-0.25, -0.2) is 9.37 Å². The van der Waals surface area contributed by atoms with Gasteiger partial charge in [-0.15, -0.1) is 0 Å². The summed E-state index contributed by atoms with van der Waals surface area (Å²) in [6.07, 6.45) is 2.42. The first-order valence-electron chi connectivity index (χ1n) is 10.5. The number of hydrogen-bond acceptors (Lipinski definition) is 6. The fraction of sp³-hybridized carbons (Fsp3) is 0.429. The summed E-state index contributed by atoms with van der Waals surface area (Å²) in [5.74, 6) is 0.138. The third-order valence-corrected chi connectivity index (χ3v) is 6.65. The molecular weight excluding hydrogens is 494 g/mol. The minimum Gasteiger partial charge on any atom is -0.362 e. The van der Waals surface area contributed by atoms with Crippen LogP contribution >= 0.6 is 34.8 Å². The predicted octanol–water partition coefficient (Wildman–Crippen LogP) is 3.68. The van der Waals surface area contributed by atoms with E-state index < -0.39 is 17.9 Å². The van der Waals surface area contributed by atoms with Gasteiger partial charge in [-0.1, -0.05) is 34.8 Å². The van der Waals surface area contributed by atoms with Crippen molar-refractivity contribution in [1.82, 2.24) is 20.2 Å².